The SMILES string of the molecule is CCCCCC(c1cccc(OCc2ccccn2)c1)N(C)C. The topological polar surface area (TPSA) is 25.4 Å². The maximum atomic E-state index is 5.91. The standard InChI is InChI=1S/C20H28N2O/c1-4-5-6-13-20(22(2)3)17-10-9-12-19(15-17)23-16-18-11-7-8-14-21-18/h7-12,14-15,20H,4-6,13,16H2,1-3H3. The Hall–Kier alpha value is -1.87. The summed E-state index contributed by atoms with van der Waals surface area (Å²) in [5.74, 6) is 0.912. The summed E-state index contributed by atoms with van der Waals surface area (Å²) in [7, 11) is 4.30. The number of rotatable bonds is 9. The first kappa shape index (κ1) is 17.5. The number of unbranched alkanes of at least 4 members (excludes halogenated alkanes) is 2. The van der Waals surface area contributed by atoms with E-state index < -0.39 is 0 Å². The normalized spacial score (nSPS) is 12.3. The van der Waals surface area contributed by atoms with Crippen LogP contribution in [0.1, 0.15) is 49.9 Å². The Bertz CT molecular complexity index is 569. The maximum absolute atomic E-state index is 5.91. The average Bonchev–Trinajstić information content (AvgIpc) is 2.58. The maximum Gasteiger partial charge on any atom is 0.130 e. The van der Waals surface area contributed by atoms with Gasteiger partial charge in [-0.3, -0.25) is 4.98 Å². The second kappa shape index (κ2) is 9.31. The molecule has 3 nitrogen and oxygen atoms in total. The average molecular weight is 312 g/mol. The lowest BCUT2D eigenvalue weighted by molar-refractivity contribution is 0.273. The van der Waals surface area contributed by atoms with Gasteiger partial charge in [0.1, 0.15) is 12.4 Å². The summed E-state index contributed by atoms with van der Waals surface area (Å²) in [4.78, 5) is 6.60. The predicted octanol–water partition coefficient (Wildman–Crippen LogP) is 4.84. The summed E-state index contributed by atoms with van der Waals surface area (Å²) < 4.78 is 5.91. The first-order valence-corrected chi connectivity index (χ1v) is 8.49. The molecular weight excluding hydrogens is 284 g/mol. The van der Waals surface area contributed by atoms with Crippen LogP contribution in [0, 0.1) is 0 Å². The van der Waals surface area contributed by atoms with Crippen molar-refractivity contribution in [2.75, 3.05) is 14.1 Å². The smallest absolute Gasteiger partial charge is 0.130 e. The van der Waals surface area contributed by atoms with E-state index in [2.05, 4.69) is 49.1 Å². The molecule has 1 atom stereocenters. The van der Waals surface area contributed by atoms with Crippen molar-refractivity contribution in [3.8, 4) is 5.75 Å². The van der Waals surface area contributed by atoms with Gasteiger partial charge in [0.05, 0.1) is 5.69 Å². The highest BCUT2D eigenvalue weighted by Gasteiger charge is 2.14. The quantitative estimate of drug-likeness (QED) is 0.619. The molecule has 0 spiro atoms. The minimum Gasteiger partial charge on any atom is -0.487 e. The monoisotopic (exact) mass is 312 g/mol. The fourth-order valence-corrected chi connectivity index (χ4v) is 2.76. The zero-order valence-electron chi connectivity index (χ0n) is 14.5. The molecule has 0 amide bonds. The second-order valence-corrected chi connectivity index (χ2v) is 6.16. The van der Waals surface area contributed by atoms with Gasteiger partial charge in [0.15, 0.2) is 0 Å². The predicted molar refractivity (Wildman–Crippen MR) is 95.6 cm³/mol. The van der Waals surface area contributed by atoms with Crippen molar-refractivity contribution >= 4 is 0 Å². The van der Waals surface area contributed by atoms with Gasteiger partial charge in [0, 0.05) is 12.2 Å². The van der Waals surface area contributed by atoms with E-state index in [0.717, 1.165) is 11.4 Å². The van der Waals surface area contributed by atoms with Crippen LogP contribution in [0.15, 0.2) is 48.7 Å². The summed E-state index contributed by atoms with van der Waals surface area (Å²) in [6.45, 7) is 2.75. The number of benzene rings is 1. The van der Waals surface area contributed by atoms with Crippen molar-refractivity contribution in [3.05, 3.63) is 59.9 Å². The van der Waals surface area contributed by atoms with Crippen LogP contribution in [0.3, 0.4) is 0 Å². The number of ether oxygens (including phenoxy) is 1. The van der Waals surface area contributed by atoms with E-state index >= 15 is 0 Å². The van der Waals surface area contributed by atoms with Gasteiger partial charge in [0.25, 0.3) is 0 Å². The van der Waals surface area contributed by atoms with Crippen LogP contribution in [0.4, 0.5) is 0 Å². The van der Waals surface area contributed by atoms with Crippen LogP contribution in [0.5, 0.6) is 5.75 Å². The number of hydrogen-bond acceptors (Lipinski definition) is 3. The third-order valence-electron chi connectivity index (χ3n) is 4.06. The fourth-order valence-electron chi connectivity index (χ4n) is 2.76. The van der Waals surface area contributed by atoms with Gasteiger partial charge in [-0.25, -0.2) is 0 Å². The van der Waals surface area contributed by atoms with Crippen molar-refractivity contribution < 1.29 is 4.74 Å². The Balaban J connectivity index is 2.01. The van der Waals surface area contributed by atoms with Crippen molar-refractivity contribution in [1.29, 1.82) is 0 Å². The molecule has 0 aliphatic rings. The molecule has 2 aromatic rings. The molecule has 1 heterocycles. The molecule has 0 aliphatic carbocycles. The van der Waals surface area contributed by atoms with Crippen molar-refractivity contribution in [2.24, 2.45) is 0 Å². The Kier molecular flexibility index (Phi) is 7.08. The molecule has 0 aliphatic heterocycles. The van der Waals surface area contributed by atoms with E-state index in [-0.39, 0.29) is 0 Å². The summed E-state index contributed by atoms with van der Waals surface area (Å²) in [6.07, 6.45) is 6.79. The second-order valence-electron chi connectivity index (χ2n) is 6.16. The molecule has 0 N–H and O–H groups in total. The Morgan fingerprint density at radius 3 is 2.65 bits per heavy atom. The highest BCUT2D eigenvalue weighted by Crippen LogP contribution is 2.27. The van der Waals surface area contributed by atoms with Crippen molar-refractivity contribution in [1.82, 2.24) is 9.88 Å². The zero-order valence-corrected chi connectivity index (χ0v) is 14.5. The zero-order chi connectivity index (χ0) is 16.5. The van der Waals surface area contributed by atoms with Crippen LogP contribution in [-0.2, 0) is 6.61 Å². The number of aromatic nitrogens is 1. The van der Waals surface area contributed by atoms with E-state index in [1.165, 1.54) is 31.2 Å². The molecular formula is C20H28N2O. The van der Waals surface area contributed by atoms with Gasteiger partial charge < -0.3 is 9.64 Å². The van der Waals surface area contributed by atoms with Crippen molar-refractivity contribution in [2.45, 2.75) is 45.3 Å². The largest absolute Gasteiger partial charge is 0.487 e. The highest BCUT2D eigenvalue weighted by molar-refractivity contribution is 5.30. The summed E-state index contributed by atoms with van der Waals surface area (Å²) in [5, 5.41) is 0. The van der Waals surface area contributed by atoms with Gasteiger partial charge in [-0.1, -0.05) is 44.4 Å². The van der Waals surface area contributed by atoms with E-state index in [1.807, 2.05) is 24.3 Å². The van der Waals surface area contributed by atoms with Crippen LogP contribution in [-0.4, -0.2) is 24.0 Å². The lowest BCUT2D eigenvalue weighted by Crippen LogP contribution is -2.20. The lowest BCUT2D eigenvalue weighted by Gasteiger charge is -2.25. The molecule has 23 heavy (non-hydrogen) atoms. The molecule has 1 unspecified atom stereocenters. The summed E-state index contributed by atoms with van der Waals surface area (Å²) in [6, 6.07) is 14.8. The van der Waals surface area contributed by atoms with Gasteiger partial charge in [-0.2, -0.15) is 0 Å². The summed E-state index contributed by atoms with van der Waals surface area (Å²) >= 11 is 0. The van der Waals surface area contributed by atoms with Gasteiger partial charge in [0.2, 0.25) is 0 Å². The molecule has 0 saturated carbocycles. The van der Waals surface area contributed by atoms with Gasteiger partial charge in [-0.15, -0.1) is 0 Å². The minimum absolute atomic E-state index is 0.444. The molecule has 0 radical (unpaired) electrons. The minimum atomic E-state index is 0.444. The third kappa shape index (κ3) is 5.68. The van der Waals surface area contributed by atoms with E-state index in [0.29, 0.717) is 12.6 Å². The molecule has 0 fully saturated rings. The van der Waals surface area contributed by atoms with E-state index in [1.54, 1.807) is 6.20 Å². The molecule has 2 rings (SSSR count). The Labute approximate surface area is 140 Å². The van der Waals surface area contributed by atoms with E-state index in [9.17, 15) is 0 Å². The molecule has 1 aromatic heterocycles. The van der Waals surface area contributed by atoms with E-state index in [4.69, 9.17) is 4.74 Å². The van der Waals surface area contributed by atoms with Crippen LogP contribution in [0.2, 0.25) is 0 Å². The molecule has 124 valence electrons. The number of pyridine rings is 1. The molecule has 0 bridgehead atoms. The van der Waals surface area contributed by atoms with Gasteiger partial charge in [-0.05, 0) is 50.3 Å². The van der Waals surface area contributed by atoms with Crippen LogP contribution in [0.25, 0.3) is 0 Å². The first-order chi connectivity index (χ1) is 11.2. The molecule has 3 heteroatoms. The fraction of sp³-hybridized carbons (Fsp3) is 0.450. The first-order valence-electron chi connectivity index (χ1n) is 8.49. The summed E-state index contributed by atoms with van der Waals surface area (Å²) in [5.41, 5.74) is 2.27. The highest BCUT2D eigenvalue weighted by atomic mass is 16.5. The number of nitrogens with zero attached hydrogens (tertiary/aromatic N) is 2. The third-order valence-corrected chi connectivity index (χ3v) is 4.06. The Morgan fingerprint density at radius 1 is 1.09 bits per heavy atom. The van der Waals surface area contributed by atoms with Gasteiger partial charge >= 0.3 is 0 Å². The Morgan fingerprint density at radius 2 is 1.96 bits per heavy atom. The van der Waals surface area contributed by atoms with Crippen LogP contribution >= 0.6 is 0 Å². The lowest BCUT2D eigenvalue weighted by atomic mass is 9.99. The number of hydrogen-bond donors (Lipinski definition) is 0. The molecule has 1 aromatic carbocycles. The molecule has 0 saturated heterocycles. The van der Waals surface area contributed by atoms with Crippen molar-refractivity contribution in [3.63, 3.8) is 0 Å². The van der Waals surface area contributed by atoms with Crippen LogP contribution < -0.4 is 4.74 Å².